The number of nitrogens with zero attached hydrogens (tertiary/aromatic N) is 4. The molecule has 2 rings (SSSR count). The Kier molecular flexibility index (Phi) is 10.8. The molecule has 1 saturated heterocycles. The third kappa shape index (κ3) is 7.33. The molecule has 0 aromatic carbocycles. The third-order valence-corrected chi connectivity index (χ3v) is 4.91. The van der Waals surface area contributed by atoms with Gasteiger partial charge in [0.25, 0.3) is 5.91 Å². The van der Waals surface area contributed by atoms with Gasteiger partial charge < -0.3 is 24.4 Å². The van der Waals surface area contributed by atoms with E-state index in [-0.39, 0.29) is 29.9 Å². The van der Waals surface area contributed by atoms with E-state index >= 15 is 0 Å². The van der Waals surface area contributed by atoms with Crippen molar-refractivity contribution in [3.8, 4) is 0 Å². The SMILES string of the molecule is CN=C(NCCCCN(C)C(C)C)N1CCN(C(=O)c2ccco2)CC1.I. The van der Waals surface area contributed by atoms with Gasteiger partial charge in [-0.25, -0.2) is 0 Å². The molecule has 1 aromatic rings. The summed E-state index contributed by atoms with van der Waals surface area (Å²) in [5.74, 6) is 1.30. The number of furan rings is 1. The van der Waals surface area contributed by atoms with E-state index in [9.17, 15) is 4.79 Å². The Hall–Kier alpha value is -1.29. The number of halogens is 1. The molecule has 2 heterocycles. The van der Waals surface area contributed by atoms with Crippen molar-refractivity contribution in [2.45, 2.75) is 32.7 Å². The van der Waals surface area contributed by atoms with Crippen molar-refractivity contribution in [3.63, 3.8) is 0 Å². The molecule has 1 aliphatic heterocycles. The van der Waals surface area contributed by atoms with Crippen LogP contribution in [0.15, 0.2) is 27.8 Å². The summed E-state index contributed by atoms with van der Waals surface area (Å²) >= 11 is 0. The predicted molar refractivity (Wildman–Crippen MR) is 120 cm³/mol. The molecule has 1 aromatic heterocycles. The van der Waals surface area contributed by atoms with Crippen LogP contribution in [0.25, 0.3) is 0 Å². The van der Waals surface area contributed by atoms with Gasteiger partial charge in [0.1, 0.15) is 0 Å². The molecule has 154 valence electrons. The zero-order chi connectivity index (χ0) is 18.9. The maximum Gasteiger partial charge on any atom is 0.289 e. The van der Waals surface area contributed by atoms with Gasteiger partial charge in [0.05, 0.1) is 6.26 Å². The van der Waals surface area contributed by atoms with Crippen molar-refractivity contribution in [1.82, 2.24) is 20.0 Å². The Balaban J connectivity index is 0.00000364. The van der Waals surface area contributed by atoms with E-state index < -0.39 is 0 Å². The summed E-state index contributed by atoms with van der Waals surface area (Å²) in [6.07, 6.45) is 3.82. The molecule has 0 saturated carbocycles. The molecule has 0 atom stereocenters. The van der Waals surface area contributed by atoms with E-state index in [1.807, 2.05) is 11.9 Å². The molecule has 0 bridgehead atoms. The quantitative estimate of drug-likeness (QED) is 0.275. The lowest BCUT2D eigenvalue weighted by molar-refractivity contribution is 0.0657. The second kappa shape index (κ2) is 12.2. The molecule has 0 aliphatic carbocycles. The van der Waals surface area contributed by atoms with Gasteiger partial charge in [-0.2, -0.15) is 0 Å². The van der Waals surface area contributed by atoms with Crippen LogP contribution >= 0.6 is 24.0 Å². The number of carbonyl (C=O) groups excluding carboxylic acids is 1. The molecular weight excluding hydrogens is 457 g/mol. The zero-order valence-electron chi connectivity index (χ0n) is 17.0. The Bertz CT molecular complexity index is 569. The van der Waals surface area contributed by atoms with Crippen molar-refractivity contribution in [1.29, 1.82) is 0 Å². The minimum Gasteiger partial charge on any atom is -0.459 e. The Morgan fingerprint density at radius 3 is 2.48 bits per heavy atom. The first-order valence-corrected chi connectivity index (χ1v) is 9.51. The van der Waals surface area contributed by atoms with Gasteiger partial charge in [-0.3, -0.25) is 9.79 Å². The van der Waals surface area contributed by atoms with Crippen LogP contribution in [-0.4, -0.2) is 86.0 Å². The highest BCUT2D eigenvalue weighted by atomic mass is 127. The van der Waals surface area contributed by atoms with Crippen molar-refractivity contribution >= 4 is 35.8 Å². The smallest absolute Gasteiger partial charge is 0.289 e. The van der Waals surface area contributed by atoms with Crippen LogP contribution in [0.1, 0.15) is 37.2 Å². The third-order valence-electron chi connectivity index (χ3n) is 4.91. The highest BCUT2D eigenvalue weighted by Crippen LogP contribution is 2.09. The summed E-state index contributed by atoms with van der Waals surface area (Å²) < 4.78 is 5.21. The monoisotopic (exact) mass is 491 g/mol. The number of hydrogen-bond donors (Lipinski definition) is 1. The number of carbonyl (C=O) groups is 1. The summed E-state index contributed by atoms with van der Waals surface area (Å²) in [7, 11) is 3.98. The molecule has 1 fully saturated rings. The zero-order valence-corrected chi connectivity index (χ0v) is 19.3. The molecule has 27 heavy (non-hydrogen) atoms. The fourth-order valence-corrected chi connectivity index (χ4v) is 2.95. The normalized spacial score (nSPS) is 15.3. The molecule has 0 unspecified atom stereocenters. The van der Waals surface area contributed by atoms with Crippen molar-refractivity contribution in [3.05, 3.63) is 24.2 Å². The van der Waals surface area contributed by atoms with Gasteiger partial charge >= 0.3 is 0 Å². The summed E-state index contributed by atoms with van der Waals surface area (Å²) in [5, 5.41) is 3.45. The summed E-state index contributed by atoms with van der Waals surface area (Å²) in [5.41, 5.74) is 0. The van der Waals surface area contributed by atoms with Crippen molar-refractivity contribution < 1.29 is 9.21 Å². The average Bonchev–Trinajstić information content (AvgIpc) is 3.18. The van der Waals surface area contributed by atoms with Gasteiger partial charge in [-0.1, -0.05) is 0 Å². The largest absolute Gasteiger partial charge is 0.459 e. The van der Waals surface area contributed by atoms with Crippen molar-refractivity contribution in [2.24, 2.45) is 4.99 Å². The van der Waals surface area contributed by atoms with Gasteiger partial charge in [-0.15, -0.1) is 24.0 Å². The second-order valence-corrected chi connectivity index (χ2v) is 7.01. The van der Waals surface area contributed by atoms with Gasteiger partial charge in [0.2, 0.25) is 0 Å². The van der Waals surface area contributed by atoms with Gasteiger partial charge in [-0.05, 0) is 52.4 Å². The molecule has 8 heteroatoms. The first-order chi connectivity index (χ1) is 12.5. The van der Waals surface area contributed by atoms with E-state index in [1.165, 1.54) is 12.7 Å². The fraction of sp³-hybridized carbons (Fsp3) is 0.684. The van der Waals surface area contributed by atoms with E-state index in [4.69, 9.17) is 4.42 Å². The van der Waals surface area contributed by atoms with Crippen LogP contribution in [0, 0.1) is 0 Å². The second-order valence-electron chi connectivity index (χ2n) is 7.01. The van der Waals surface area contributed by atoms with Crippen LogP contribution in [0.2, 0.25) is 0 Å². The maximum absolute atomic E-state index is 12.3. The van der Waals surface area contributed by atoms with E-state index in [0.717, 1.165) is 38.6 Å². The molecule has 1 aliphatic rings. The summed E-state index contributed by atoms with van der Waals surface area (Å²) in [6.45, 7) is 9.39. The van der Waals surface area contributed by atoms with Gasteiger partial charge in [0, 0.05) is 45.8 Å². The minimum absolute atomic E-state index is 0. The van der Waals surface area contributed by atoms with Crippen LogP contribution in [-0.2, 0) is 0 Å². The topological polar surface area (TPSA) is 64.3 Å². The van der Waals surface area contributed by atoms with Gasteiger partial charge in [0.15, 0.2) is 11.7 Å². The number of guanidine groups is 1. The predicted octanol–water partition coefficient (Wildman–Crippen LogP) is 2.35. The molecule has 0 spiro atoms. The van der Waals surface area contributed by atoms with Crippen LogP contribution in [0.3, 0.4) is 0 Å². The Labute approximate surface area is 180 Å². The number of rotatable bonds is 7. The molecule has 7 nitrogen and oxygen atoms in total. The molecule has 1 N–H and O–H groups in total. The molecule has 1 amide bonds. The standard InChI is InChI=1S/C19H33N5O2.HI/c1-16(2)22(4)10-6-5-9-21-19(20-3)24-13-11-23(12-14-24)18(25)17-8-7-15-26-17;/h7-8,15-16H,5-6,9-14H2,1-4H3,(H,20,21);1H. The highest BCUT2D eigenvalue weighted by Gasteiger charge is 2.24. The number of hydrogen-bond acceptors (Lipinski definition) is 4. The minimum atomic E-state index is -0.0353. The maximum atomic E-state index is 12.3. The number of piperazine rings is 1. The number of aliphatic imine (C=N–C) groups is 1. The lowest BCUT2D eigenvalue weighted by atomic mass is 10.2. The van der Waals surface area contributed by atoms with E-state index in [0.29, 0.717) is 24.9 Å². The van der Waals surface area contributed by atoms with Crippen LogP contribution in [0.4, 0.5) is 0 Å². The lowest BCUT2D eigenvalue weighted by Gasteiger charge is -2.36. The van der Waals surface area contributed by atoms with E-state index in [1.54, 1.807) is 12.1 Å². The lowest BCUT2D eigenvalue weighted by Crippen LogP contribution is -2.53. The highest BCUT2D eigenvalue weighted by molar-refractivity contribution is 14.0. The summed E-state index contributed by atoms with van der Waals surface area (Å²) in [6, 6.07) is 4.05. The molecular formula is C19H34IN5O2. The number of nitrogens with one attached hydrogen (secondary N) is 1. The van der Waals surface area contributed by atoms with Crippen LogP contribution < -0.4 is 5.32 Å². The number of unbranched alkanes of at least 4 members (excludes halogenated alkanes) is 1. The average molecular weight is 491 g/mol. The Morgan fingerprint density at radius 1 is 1.26 bits per heavy atom. The van der Waals surface area contributed by atoms with E-state index in [2.05, 4.69) is 41.0 Å². The first-order valence-electron chi connectivity index (χ1n) is 9.51. The number of amides is 1. The Morgan fingerprint density at radius 2 is 1.93 bits per heavy atom. The van der Waals surface area contributed by atoms with Crippen molar-refractivity contribution in [2.75, 3.05) is 53.4 Å². The first kappa shape index (κ1) is 23.7. The summed E-state index contributed by atoms with van der Waals surface area (Å²) in [4.78, 5) is 23.1. The fourth-order valence-electron chi connectivity index (χ4n) is 2.95. The van der Waals surface area contributed by atoms with Crippen LogP contribution in [0.5, 0.6) is 0 Å². The molecule has 0 radical (unpaired) electrons.